The molecular formula is C19H19ClN2O3. The van der Waals surface area contributed by atoms with Gasteiger partial charge in [-0.15, -0.1) is 0 Å². The van der Waals surface area contributed by atoms with Gasteiger partial charge in [0.25, 0.3) is 5.91 Å². The topological polar surface area (TPSA) is 67.4 Å². The number of carbonyl (C=O) groups excluding carboxylic acids is 2. The van der Waals surface area contributed by atoms with E-state index in [2.05, 4.69) is 10.6 Å². The number of hydrogen-bond donors (Lipinski definition) is 2. The quantitative estimate of drug-likeness (QED) is 0.589. The summed E-state index contributed by atoms with van der Waals surface area (Å²) in [6, 6.07) is 13.9. The molecule has 0 saturated carbocycles. The van der Waals surface area contributed by atoms with Crippen molar-refractivity contribution in [3.05, 3.63) is 70.8 Å². The maximum atomic E-state index is 12.2. The molecule has 2 aromatic rings. The summed E-state index contributed by atoms with van der Waals surface area (Å²) in [5, 5.41) is 6.08. The molecule has 0 unspecified atom stereocenters. The molecule has 0 heterocycles. The zero-order chi connectivity index (χ0) is 18.1. The second-order valence-corrected chi connectivity index (χ2v) is 5.60. The summed E-state index contributed by atoms with van der Waals surface area (Å²) in [4.78, 5) is 24.3. The molecule has 2 N–H and O–H groups in total. The van der Waals surface area contributed by atoms with Crippen LogP contribution in [-0.2, 0) is 9.53 Å². The third-order valence-electron chi connectivity index (χ3n) is 3.32. The van der Waals surface area contributed by atoms with Crippen LogP contribution >= 0.6 is 11.6 Å². The van der Waals surface area contributed by atoms with Gasteiger partial charge >= 0.3 is 0 Å². The number of halogens is 1. The van der Waals surface area contributed by atoms with E-state index in [1.165, 1.54) is 6.08 Å². The van der Waals surface area contributed by atoms with E-state index in [1.54, 1.807) is 49.6 Å². The Kier molecular flexibility index (Phi) is 7.19. The molecule has 0 atom stereocenters. The van der Waals surface area contributed by atoms with Gasteiger partial charge in [0.1, 0.15) is 0 Å². The molecule has 0 fully saturated rings. The number of rotatable bonds is 7. The highest BCUT2D eigenvalue weighted by Gasteiger charge is 2.11. The van der Waals surface area contributed by atoms with Gasteiger partial charge in [0.05, 0.1) is 17.9 Å². The molecule has 0 spiro atoms. The summed E-state index contributed by atoms with van der Waals surface area (Å²) in [7, 11) is 1.56. The summed E-state index contributed by atoms with van der Waals surface area (Å²) in [5.41, 5.74) is 1.69. The Bertz CT molecular complexity index is 758. The summed E-state index contributed by atoms with van der Waals surface area (Å²) in [6.45, 7) is 0.818. The second-order valence-electron chi connectivity index (χ2n) is 5.17. The van der Waals surface area contributed by atoms with Gasteiger partial charge in [0, 0.05) is 24.8 Å². The summed E-state index contributed by atoms with van der Waals surface area (Å²) >= 11 is 5.83. The van der Waals surface area contributed by atoms with Gasteiger partial charge in [-0.1, -0.05) is 35.9 Å². The fourth-order valence-electron chi connectivity index (χ4n) is 2.07. The molecule has 5 nitrogen and oxygen atoms in total. The number of nitrogens with one attached hydrogen (secondary N) is 2. The van der Waals surface area contributed by atoms with Crippen molar-refractivity contribution in [2.75, 3.05) is 25.6 Å². The predicted octanol–water partition coefficient (Wildman–Crippen LogP) is 3.37. The summed E-state index contributed by atoms with van der Waals surface area (Å²) < 4.78 is 4.90. The molecule has 25 heavy (non-hydrogen) atoms. The van der Waals surface area contributed by atoms with Crippen LogP contribution in [0, 0.1) is 0 Å². The van der Waals surface area contributed by atoms with Gasteiger partial charge in [-0.05, 0) is 35.9 Å². The fraction of sp³-hybridized carbons (Fsp3) is 0.158. The van der Waals surface area contributed by atoms with Crippen molar-refractivity contribution in [2.24, 2.45) is 0 Å². The van der Waals surface area contributed by atoms with Crippen molar-refractivity contribution in [2.45, 2.75) is 0 Å². The first-order valence-corrected chi connectivity index (χ1v) is 8.09. The van der Waals surface area contributed by atoms with Gasteiger partial charge < -0.3 is 15.4 Å². The van der Waals surface area contributed by atoms with Crippen molar-refractivity contribution >= 4 is 35.2 Å². The lowest BCUT2D eigenvalue weighted by atomic mass is 10.1. The van der Waals surface area contributed by atoms with Gasteiger partial charge in [0.2, 0.25) is 5.91 Å². The Labute approximate surface area is 151 Å². The van der Waals surface area contributed by atoms with E-state index in [1.807, 2.05) is 12.1 Å². The highest BCUT2D eigenvalue weighted by molar-refractivity contribution is 6.30. The lowest BCUT2D eigenvalue weighted by Gasteiger charge is -2.10. The number of amides is 2. The number of hydrogen-bond acceptors (Lipinski definition) is 3. The van der Waals surface area contributed by atoms with Crippen LogP contribution in [-0.4, -0.2) is 32.1 Å². The molecular weight excluding hydrogens is 340 g/mol. The minimum atomic E-state index is -0.327. The molecule has 0 aromatic heterocycles. The first-order chi connectivity index (χ1) is 12.1. The van der Waals surface area contributed by atoms with Crippen molar-refractivity contribution in [3.63, 3.8) is 0 Å². The fourth-order valence-corrected chi connectivity index (χ4v) is 2.20. The molecule has 0 radical (unpaired) electrons. The number of para-hydroxylation sites is 1. The van der Waals surface area contributed by atoms with E-state index in [4.69, 9.17) is 16.3 Å². The largest absolute Gasteiger partial charge is 0.383 e. The zero-order valence-corrected chi connectivity index (χ0v) is 14.5. The maximum absolute atomic E-state index is 12.2. The first-order valence-electron chi connectivity index (χ1n) is 7.71. The Hall–Kier alpha value is -2.63. The number of methoxy groups -OCH3 is 1. The molecule has 2 aromatic carbocycles. The molecule has 0 aliphatic heterocycles. The average Bonchev–Trinajstić information content (AvgIpc) is 2.62. The van der Waals surface area contributed by atoms with E-state index >= 15 is 0 Å². The minimum Gasteiger partial charge on any atom is -0.383 e. The Morgan fingerprint density at radius 3 is 2.56 bits per heavy atom. The lowest BCUT2D eigenvalue weighted by Crippen LogP contribution is -2.28. The average molecular weight is 359 g/mol. The van der Waals surface area contributed by atoms with E-state index in [-0.39, 0.29) is 11.8 Å². The zero-order valence-electron chi connectivity index (χ0n) is 13.8. The van der Waals surface area contributed by atoms with Crippen LogP contribution in [0.1, 0.15) is 15.9 Å². The molecule has 2 rings (SSSR count). The van der Waals surface area contributed by atoms with Crippen LogP contribution in [0.15, 0.2) is 54.6 Å². The second kappa shape index (κ2) is 9.61. The summed E-state index contributed by atoms with van der Waals surface area (Å²) in [5.74, 6) is -0.596. The van der Waals surface area contributed by atoms with Crippen LogP contribution in [0.5, 0.6) is 0 Å². The normalized spacial score (nSPS) is 10.6. The molecule has 6 heteroatoms. The van der Waals surface area contributed by atoms with Crippen LogP contribution < -0.4 is 10.6 Å². The third-order valence-corrected chi connectivity index (χ3v) is 3.57. The molecule has 0 aliphatic carbocycles. The number of carbonyl (C=O) groups is 2. The Balaban J connectivity index is 2.02. The summed E-state index contributed by atoms with van der Waals surface area (Å²) in [6.07, 6.45) is 3.08. The van der Waals surface area contributed by atoms with Crippen LogP contribution in [0.25, 0.3) is 6.08 Å². The predicted molar refractivity (Wildman–Crippen MR) is 99.8 cm³/mol. The smallest absolute Gasteiger partial charge is 0.253 e. The third kappa shape index (κ3) is 6.06. The molecule has 130 valence electrons. The molecule has 0 saturated heterocycles. The van der Waals surface area contributed by atoms with Crippen LogP contribution in [0.2, 0.25) is 5.02 Å². The SMILES string of the molecule is COCCNC(=O)c1ccccc1NC(=O)/C=C/c1ccc(Cl)cc1. The van der Waals surface area contributed by atoms with Crippen molar-refractivity contribution in [1.29, 1.82) is 0 Å². The van der Waals surface area contributed by atoms with Crippen molar-refractivity contribution in [3.8, 4) is 0 Å². The Morgan fingerprint density at radius 1 is 1.12 bits per heavy atom. The van der Waals surface area contributed by atoms with Crippen molar-refractivity contribution < 1.29 is 14.3 Å². The molecule has 0 bridgehead atoms. The lowest BCUT2D eigenvalue weighted by molar-refractivity contribution is -0.111. The maximum Gasteiger partial charge on any atom is 0.253 e. The minimum absolute atomic E-state index is 0.269. The van der Waals surface area contributed by atoms with Crippen molar-refractivity contribution in [1.82, 2.24) is 5.32 Å². The van der Waals surface area contributed by atoms with Gasteiger partial charge in [-0.3, -0.25) is 9.59 Å². The first kappa shape index (κ1) is 18.7. The van der Waals surface area contributed by atoms with Gasteiger partial charge in [-0.25, -0.2) is 0 Å². The number of benzene rings is 2. The van der Waals surface area contributed by atoms with Crippen LogP contribution in [0.4, 0.5) is 5.69 Å². The van der Waals surface area contributed by atoms with E-state index in [0.29, 0.717) is 29.4 Å². The van der Waals surface area contributed by atoms with Gasteiger partial charge in [-0.2, -0.15) is 0 Å². The highest BCUT2D eigenvalue weighted by atomic mass is 35.5. The molecule has 0 aliphatic rings. The van der Waals surface area contributed by atoms with E-state index in [9.17, 15) is 9.59 Å². The van der Waals surface area contributed by atoms with Gasteiger partial charge in [0.15, 0.2) is 0 Å². The van der Waals surface area contributed by atoms with E-state index in [0.717, 1.165) is 5.56 Å². The molecule has 2 amide bonds. The highest BCUT2D eigenvalue weighted by Crippen LogP contribution is 2.15. The number of ether oxygens (including phenoxy) is 1. The van der Waals surface area contributed by atoms with E-state index < -0.39 is 0 Å². The standard InChI is InChI=1S/C19H19ClN2O3/c1-25-13-12-21-19(24)16-4-2-3-5-17(16)22-18(23)11-8-14-6-9-15(20)10-7-14/h2-11H,12-13H2,1H3,(H,21,24)(H,22,23)/b11-8+. The van der Waals surface area contributed by atoms with Crippen LogP contribution in [0.3, 0.4) is 0 Å². The number of anilines is 1. The monoisotopic (exact) mass is 358 g/mol. The Morgan fingerprint density at radius 2 is 1.84 bits per heavy atom.